The molecule has 0 saturated heterocycles. The molecule has 62 heavy (non-hydrogen) atoms. The van der Waals surface area contributed by atoms with E-state index in [2.05, 4.69) is 99.8 Å². The van der Waals surface area contributed by atoms with E-state index in [0.717, 1.165) is 64.2 Å². The minimum absolute atomic E-state index is 0.0473. The number of hydrogen-bond donors (Lipinski definition) is 0. The molecule has 0 amide bonds. The summed E-state index contributed by atoms with van der Waals surface area (Å²) in [6.45, 7) is 7.59. The van der Waals surface area contributed by atoms with Crippen molar-refractivity contribution in [3.8, 4) is 0 Å². The normalized spacial score (nSPS) is 12.9. The molecule has 0 fully saturated rings. The van der Waals surface area contributed by atoms with Crippen LogP contribution in [0, 0.1) is 0 Å². The van der Waals surface area contributed by atoms with E-state index in [-0.39, 0.29) is 25.2 Å². The molecule has 1 unspecified atom stereocenters. The van der Waals surface area contributed by atoms with Crippen LogP contribution in [0.4, 0.5) is 0 Å². The van der Waals surface area contributed by atoms with E-state index < -0.39 is 6.10 Å². The Morgan fingerprint density at radius 3 is 1.27 bits per heavy atom. The van der Waals surface area contributed by atoms with Crippen LogP contribution in [0.2, 0.25) is 0 Å². The maximum Gasteiger partial charge on any atom is 0.306 e. The number of carbonyl (C=O) groups is 2. The summed E-state index contributed by atoms with van der Waals surface area (Å²) in [5.41, 5.74) is 0. The summed E-state index contributed by atoms with van der Waals surface area (Å²) in [6.07, 6.45) is 68.9. The van der Waals surface area contributed by atoms with Crippen LogP contribution in [0.5, 0.6) is 0 Å². The molecule has 5 heteroatoms. The van der Waals surface area contributed by atoms with Crippen LogP contribution in [-0.4, -0.2) is 37.9 Å². The second-order valence-electron chi connectivity index (χ2n) is 17.0. The summed E-state index contributed by atoms with van der Waals surface area (Å²) >= 11 is 0. The van der Waals surface area contributed by atoms with Crippen molar-refractivity contribution in [1.29, 1.82) is 0 Å². The molecule has 0 aromatic heterocycles. The third kappa shape index (κ3) is 49.7. The highest BCUT2D eigenvalue weighted by Gasteiger charge is 2.17. The first-order valence-electron chi connectivity index (χ1n) is 26.1. The van der Waals surface area contributed by atoms with E-state index in [1.54, 1.807) is 0 Å². The fourth-order valence-corrected chi connectivity index (χ4v) is 7.02. The topological polar surface area (TPSA) is 61.8 Å². The number of rotatable bonds is 47. The molecule has 0 spiro atoms. The summed E-state index contributed by atoms with van der Waals surface area (Å²) in [5, 5.41) is 0. The maximum atomic E-state index is 12.7. The smallest absolute Gasteiger partial charge is 0.306 e. The third-order valence-electron chi connectivity index (χ3n) is 10.9. The first-order chi connectivity index (χ1) is 30.6. The van der Waals surface area contributed by atoms with Gasteiger partial charge in [-0.15, -0.1) is 0 Å². The van der Waals surface area contributed by atoms with Gasteiger partial charge in [0.15, 0.2) is 6.10 Å². The zero-order valence-corrected chi connectivity index (χ0v) is 40.9. The summed E-state index contributed by atoms with van der Waals surface area (Å²) in [4.78, 5) is 25.4. The molecule has 0 aliphatic heterocycles. The molecule has 0 bridgehead atoms. The van der Waals surface area contributed by atoms with Gasteiger partial charge in [-0.05, 0) is 103 Å². The van der Waals surface area contributed by atoms with E-state index in [4.69, 9.17) is 14.2 Å². The van der Waals surface area contributed by atoms with Crippen molar-refractivity contribution in [1.82, 2.24) is 0 Å². The Labute approximate surface area is 384 Å². The van der Waals surface area contributed by atoms with Gasteiger partial charge in [0.05, 0.1) is 6.61 Å². The Hall–Kier alpha value is -2.92. The van der Waals surface area contributed by atoms with Gasteiger partial charge in [-0.3, -0.25) is 9.59 Å². The molecular formula is C57H98O5. The van der Waals surface area contributed by atoms with E-state index in [1.165, 1.54) is 135 Å². The van der Waals surface area contributed by atoms with Crippen molar-refractivity contribution < 1.29 is 23.8 Å². The van der Waals surface area contributed by atoms with E-state index in [9.17, 15) is 9.59 Å². The molecular weight excluding hydrogens is 765 g/mol. The number of esters is 2. The lowest BCUT2D eigenvalue weighted by atomic mass is 10.1. The van der Waals surface area contributed by atoms with Gasteiger partial charge in [-0.2, -0.15) is 0 Å². The van der Waals surface area contributed by atoms with Crippen molar-refractivity contribution in [2.75, 3.05) is 19.8 Å². The minimum Gasteiger partial charge on any atom is -0.462 e. The number of carbonyl (C=O) groups excluding carboxylic acids is 2. The molecule has 0 saturated carbocycles. The number of ether oxygens (including phenoxy) is 3. The van der Waals surface area contributed by atoms with Crippen molar-refractivity contribution in [2.45, 2.75) is 245 Å². The number of hydrogen-bond acceptors (Lipinski definition) is 5. The monoisotopic (exact) mass is 863 g/mol. The highest BCUT2D eigenvalue weighted by Crippen LogP contribution is 2.13. The summed E-state index contributed by atoms with van der Waals surface area (Å²) in [6, 6.07) is 0. The Balaban J connectivity index is 4.36. The lowest BCUT2D eigenvalue weighted by molar-refractivity contribution is -0.162. The molecule has 0 aromatic carbocycles. The molecule has 0 rings (SSSR count). The molecule has 0 heterocycles. The molecule has 0 aromatic rings. The van der Waals surface area contributed by atoms with Gasteiger partial charge < -0.3 is 14.2 Å². The van der Waals surface area contributed by atoms with Crippen molar-refractivity contribution in [3.05, 3.63) is 85.1 Å². The van der Waals surface area contributed by atoms with Crippen LogP contribution >= 0.6 is 0 Å². The third-order valence-corrected chi connectivity index (χ3v) is 10.9. The molecule has 0 aliphatic rings. The van der Waals surface area contributed by atoms with Crippen LogP contribution in [0.1, 0.15) is 239 Å². The quantitative estimate of drug-likeness (QED) is 0.0346. The standard InChI is InChI=1S/C57H98O5/c1-4-7-10-13-16-19-22-25-27-29-30-33-35-38-41-44-47-50-56(58)61-54-55(62-57(59)51-48-45-42-39-36-32-24-21-18-15-12-9-6-3)53-60-52-49-46-43-40-37-34-31-28-26-23-20-17-14-11-8-5-2/h9,12,16,18-19,21,25-28,32,36,42,45,55H,4-8,10-11,13-15,17,20,22-24,29-31,33-35,37-41,43-44,46-54H2,1-3H3/b12-9-,19-16-,21-18-,27-25-,28-26-,36-32-,45-42-. The Bertz CT molecular complexity index is 1160. The molecule has 0 N–H and O–H groups in total. The second kappa shape index (κ2) is 52.4. The summed E-state index contributed by atoms with van der Waals surface area (Å²) < 4.78 is 17.3. The molecule has 356 valence electrons. The van der Waals surface area contributed by atoms with Crippen molar-refractivity contribution >= 4 is 11.9 Å². The zero-order valence-electron chi connectivity index (χ0n) is 40.9. The first-order valence-corrected chi connectivity index (χ1v) is 26.1. The largest absolute Gasteiger partial charge is 0.462 e. The SMILES string of the molecule is CC/C=C\C/C=C\C/C=C\C/C=C\CCC(=O)OC(COCCCCCCCC/C=C\CCCCCCCC)COC(=O)CCCCCCCCC/C=C\C/C=C\CCCCC. The fraction of sp³-hybridized carbons (Fsp3) is 0.719. The average molecular weight is 863 g/mol. The van der Waals surface area contributed by atoms with Crippen molar-refractivity contribution in [2.24, 2.45) is 0 Å². The lowest BCUT2D eigenvalue weighted by Gasteiger charge is -2.18. The zero-order chi connectivity index (χ0) is 44.9. The van der Waals surface area contributed by atoms with Gasteiger partial charge in [0.2, 0.25) is 0 Å². The van der Waals surface area contributed by atoms with Gasteiger partial charge in [-0.1, -0.05) is 209 Å². The van der Waals surface area contributed by atoms with Crippen LogP contribution in [0.15, 0.2) is 85.1 Å². The van der Waals surface area contributed by atoms with Gasteiger partial charge in [0.1, 0.15) is 6.61 Å². The Morgan fingerprint density at radius 1 is 0.371 bits per heavy atom. The van der Waals surface area contributed by atoms with E-state index in [0.29, 0.717) is 25.9 Å². The van der Waals surface area contributed by atoms with E-state index in [1.807, 2.05) is 6.08 Å². The molecule has 0 aliphatic carbocycles. The van der Waals surface area contributed by atoms with Gasteiger partial charge in [0, 0.05) is 19.4 Å². The van der Waals surface area contributed by atoms with Gasteiger partial charge in [0.25, 0.3) is 0 Å². The van der Waals surface area contributed by atoms with Crippen LogP contribution in [-0.2, 0) is 23.8 Å². The van der Waals surface area contributed by atoms with Crippen molar-refractivity contribution in [3.63, 3.8) is 0 Å². The second-order valence-corrected chi connectivity index (χ2v) is 17.0. The van der Waals surface area contributed by atoms with Gasteiger partial charge >= 0.3 is 11.9 Å². The fourth-order valence-electron chi connectivity index (χ4n) is 7.02. The maximum absolute atomic E-state index is 12.7. The van der Waals surface area contributed by atoms with Crippen LogP contribution in [0.25, 0.3) is 0 Å². The predicted octanol–water partition coefficient (Wildman–Crippen LogP) is 17.7. The molecule has 5 nitrogen and oxygen atoms in total. The summed E-state index contributed by atoms with van der Waals surface area (Å²) in [7, 11) is 0. The highest BCUT2D eigenvalue weighted by molar-refractivity contribution is 5.70. The Kier molecular flexibility index (Phi) is 50.0. The van der Waals surface area contributed by atoms with Crippen LogP contribution < -0.4 is 0 Å². The van der Waals surface area contributed by atoms with Gasteiger partial charge in [-0.25, -0.2) is 0 Å². The predicted molar refractivity (Wildman–Crippen MR) is 270 cm³/mol. The van der Waals surface area contributed by atoms with E-state index >= 15 is 0 Å². The first kappa shape index (κ1) is 59.1. The molecule has 0 radical (unpaired) electrons. The summed E-state index contributed by atoms with van der Waals surface area (Å²) in [5.74, 6) is -0.502. The van der Waals surface area contributed by atoms with Crippen LogP contribution in [0.3, 0.4) is 0 Å². The highest BCUT2D eigenvalue weighted by atomic mass is 16.6. The minimum atomic E-state index is -0.583. The Morgan fingerprint density at radius 2 is 0.758 bits per heavy atom. The molecule has 1 atom stereocenters. The lowest BCUT2D eigenvalue weighted by Crippen LogP contribution is -2.30. The number of allylic oxidation sites excluding steroid dienone is 14. The average Bonchev–Trinajstić information content (AvgIpc) is 3.27. The number of unbranched alkanes of at least 4 members (excludes halogenated alkanes) is 22.